The van der Waals surface area contributed by atoms with E-state index in [0.717, 1.165) is 17.0 Å². The van der Waals surface area contributed by atoms with Gasteiger partial charge in [0.2, 0.25) is 5.91 Å². The Bertz CT molecular complexity index is 1650. The van der Waals surface area contributed by atoms with Gasteiger partial charge in [-0.2, -0.15) is 4.37 Å². The molecule has 0 aliphatic carbocycles. The van der Waals surface area contributed by atoms with Crippen LogP contribution in [-0.4, -0.2) is 49.7 Å². The molecule has 0 bridgehead atoms. The number of primary amides is 1. The van der Waals surface area contributed by atoms with Gasteiger partial charge in [0.05, 0.1) is 28.5 Å². The Kier molecular flexibility index (Phi) is 9.11. The van der Waals surface area contributed by atoms with E-state index in [1.165, 1.54) is 12.1 Å². The zero-order chi connectivity index (χ0) is 30.4. The molecule has 13 heteroatoms. The third-order valence-electron chi connectivity index (χ3n) is 5.84. The number of benzene rings is 2. The molecule has 0 aliphatic heterocycles. The molecule has 0 saturated heterocycles. The average Bonchev–Trinajstić information content (AvgIpc) is 3.29. The van der Waals surface area contributed by atoms with Crippen molar-refractivity contribution in [2.45, 2.75) is 52.2 Å². The van der Waals surface area contributed by atoms with Crippen LogP contribution in [-0.2, 0) is 14.3 Å². The van der Waals surface area contributed by atoms with Crippen molar-refractivity contribution in [3.05, 3.63) is 71.5 Å². The predicted molar refractivity (Wildman–Crippen MR) is 160 cm³/mol. The van der Waals surface area contributed by atoms with E-state index < -0.39 is 35.3 Å². The van der Waals surface area contributed by atoms with Crippen LogP contribution in [0.4, 0.5) is 16.5 Å². The van der Waals surface area contributed by atoms with E-state index in [2.05, 4.69) is 30.3 Å². The number of hydrogen-bond donors (Lipinski definition) is 4. The monoisotopic (exact) mass is 589 g/mol. The SMILES string of the molecule is Cc1nsc(Nc2cnc3ccccc3n2)c1C(=O)Nc1cccc(C(=O)NC(CCC(N)=O)C(=O)OC(C)(C)C)c1. The van der Waals surface area contributed by atoms with Gasteiger partial charge in [-0.15, -0.1) is 0 Å². The minimum absolute atomic E-state index is 0.0196. The van der Waals surface area contributed by atoms with Gasteiger partial charge in [-0.3, -0.25) is 19.4 Å². The molecular weight excluding hydrogens is 558 g/mol. The lowest BCUT2D eigenvalue weighted by Crippen LogP contribution is -2.44. The van der Waals surface area contributed by atoms with Crippen molar-refractivity contribution in [3.8, 4) is 0 Å². The minimum Gasteiger partial charge on any atom is -0.458 e. The van der Waals surface area contributed by atoms with E-state index in [1.807, 2.05) is 24.3 Å². The van der Waals surface area contributed by atoms with Gasteiger partial charge in [0.15, 0.2) is 0 Å². The van der Waals surface area contributed by atoms with Crippen molar-refractivity contribution in [2.75, 3.05) is 10.6 Å². The van der Waals surface area contributed by atoms with Crippen LogP contribution in [0.1, 0.15) is 60.0 Å². The highest BCUT2D eigenvalue weighted by molar-refractivity contribution is 7.10. The first-order chi connectivity index (χ1) is 19.9. The lowest BCUT2D eigenvalue weighted by atomic mass is 10.1. The summed E-state index contributed by atoms with van der Waals surface area (Å²) in [6, 6.07) is 12.6. The third-order valence-corrected chi connectivity index (χ3v) is 6.69. The fourth-order valence-corrected chi connectivity index (χ4v) is 4.74. The second kappa shape index (κ2) is 12.7. The molecule has 12 nitrogen and oxygen atoms in total. The van der Waals surface area contributed by atoms with E-state index in [4.69, 9.17) is 10.5 Å². The first-order valence-electron chi connectivity index (χ1n) is 13.1. The molecule has 1 unspecified atom stereocenters. The summed E-state index contributed by atoms with van der Waals surface area (Å²) in [5.74, 6) is -1.86. The number of aryl methyl sites for hydroxylation is 1. The van der Waals surface area contributed by atoms with Crippen molar-refractivity contribution >= 4 is 62.8 Å². The second-order valence-electron chi connectivity index (χ2n) is 10.4. The number of rotatable bonds is 10. The Morgan fingerprint density at radius 1 is 1.02 bits per heavy atom. The van der Waals surface area contributed by atoms with E-state index in [1.54, 1.807) is 46.0 Å². The first kappa shape index (κ1) is 30.1. The van der Waals surface area contributed by atoms with Crippen molar-refractivity contribution in [1.82, 2.24) is 19.7 Å². The summed E-state index contributed by atoms with van der Waals surface area (Å²) in [6.45, 7) is 6.82. The molecule has 42 heavy (non-hydrogen) atoms. The van der Waals surface area contributed by atoms with Gasteiger partial charge in [-0.1, -0.05) is 18.2 Å². The molecule has 0 saturated carbocycles. The molecule has 0 radical (unpaired) electrons. The number of nitrogens with one attached hydrogen (secondary N) is 3. The van der Waals surface area contributed by atoms with Gasteiger partial charge in [0.25, 0.3) is 11.8 Å². The molecular formula is C29H31N7O5S. The number of carbonyl (C=O) groups excluding carboxylic acids is 4. The highest BCUT2D eigenvalue weighted by atomic mass is 32.1. The molecule has 2 aromatic carbocycles. The van der Waals surface area contributed by atoms with Crippen LogP contribution in [0.5, 0.6) is 0 Å². The number of nitrogens with zero attached hydrogens (tertiary/aromatic N) is 3. The number of para-hydroxylation sites is 2. The zero-order valence-corrected chi connectivity index (χ0v) is 24.4. The van der Waals surface area contributed by atoms with Crippen LogP contribution < -0.4 is 21.7 Å². The zero-order valence-electron chi connectivity index (χ0n) is 23.6. The van der Waals surface area contributed by atoms with Crippen LogP contribution in [0.25, 0.3) is 11.0 Å². The number of amides is 3. The molecule has 0 spiro atoms. The summed E-state index contributed by atoms with van der Waals surface area (Å²) >= 11 is 1.11. The van der Waals surface area contributed by atoms with Crippen LogP contribution in [0.2, 0.25) is 0 Å². The normalized spacial score (nSPS) is 11.9. The molecule has 0 fully saturated rings. The maximum atomic E-state index is 13.3. The summed E-state index contributed by atoms with van der Waals surface area (Å²) < 4.78 is 9.71. The number of anilines is 3. The molecule has 2 aromatic heterocycles. The van der Waals surface area contributed by atoms with Crippen LogP contribution in [0.15, 0.2) is 54.7 Å². The Morgan fingerprint density at radius 2 is 1.76 bits per heavy atom. The van der Waals surface area contributed by atoms with Crippen LogP contribution in [0, 0.1) is 6.92 Å². The molecule has 4 rings (SSSR count). The van der Waals surface area contributed by atoms with Crippen molar-refractivity contribution < 1.29 is 23.9 Å². The highest BCUT2D eigenvalue weighted by Crippen LogP contribution is 2.29. The number of aromatic nitrogens is 3. The van der Waals surface area contributed by atoms with E-state index >= 15 is 0 Å². The number of hydrogen-bond acceptors (Lipinski definition) is 10. The van der Waals surface area contributed by atoms with Gasteiger partial charge in [0, 0.05) is 17.7 Å². The Morgan fingerprint density at radius 3 is 2.48 bits per heavy atom. The van der Waals surface area contributed by atoms with Crippen molar-refractivity contribution in [3.63, 3.8) is 0 Å². The Labute approximate surface area is 246 Å². The Hall–Kier alpha value is -4.91. The number of fused-ring (bicyclic) bond motifs is 1. The van der Waals surface area contributed by atoms with Crippen molar-refractivity contribution in [1.29, 1.82) is 0 Å². The third kappa shape index (κ3) is 7.85. The quantitative estimate of drug-likeness (QED) is 0.198. The standard InChI is InChI=1S/C29H31N7O5S/c1-16-24(27(42-36-16)35-23-15-31-19-10-5-6-11-20(19)33-23)26(39)32-18-9-7-8-17(14-18)25(38)34-21(12-13-22(30)37)28(40)41-29(2,3)4/h5-11,14-15,21H,12-13H2,1-4H3,(H2,30,37)(H,32,39)(H,33,35)(H,34,38). The summed E-state index contributed by atoms with van der Waals surface area (Å²) in [6.07, 6.45) is 1.44. The summed E-state index contributed by atoms with van der Waals surface area (Å²) in [7, 11) is 0. The van der Waals surface area contributed by atoms with Gasteiger partial charge in [-0.05, 0) is 76.0 Å². The van der Waals surface area contributed by atoms with Crippen LogP contribution >= 0.6 is 11.5 Å². The molecule has 0 aliphatic rings. The van der Waals surface area contributed by atoms with Gasteiger partial charge >= 0.3 is 5.97 Å². The summed E-state index contributed by atoms with van der Waals surface area (Å²) in [4.78, 5) is 59.3. The lowest BCUT2D eigenvalue weighted by Gasteiger charge is -2.24. The number of nitrogens with two attached hydrogens (primary N) is 1. The smallest absolute Gasteiger partial charge is 0.329 e. The highest BCUT2D eigenvalue weighted by Gasteiger charge is 2.27. The fourth-order valence-electron chi connectivity index (χ4n) is 3.94. The molecule has 4 aromatic rings. The molecule has 1 atom stereocenters. The first-order valence-corrected chi connectivity index (χ1v) is 13.9. The van der Waals surface area contributed by atoms with E-state index in [-0.39, 0.29) is 18.4 Å². The second-order valence-corrected chi connectivity index (χ2v) is 11.2. The van der Waals surface area contributed by atoms with Gasteiger partial charge in [0.1, 0.15) is 22.5 Å². The Balaban J connectivity index is 1.48. The van der Waals surface area contributed by atoms with Gasteiger partial charge in [-0.25, -0.2) is 9.78 Å². The minimum atomic E-state index is -1.09. The summed E-state index contributed by atoms with van der Waals surface area (Å²) in [5.41, 5.74) is 7.27. The molecule has 5 N–H and O–H groups in total. The summed E-state index contributed by atoms with van der Waals surface area (Å²) in [5, 5.41) is 9.03. The molecule has 3 amide bonds. The fraction of sp³-hybridized carbons (Fsp3) is 0.276. The topological polar surface area (TPSA) is 178 Å². The number of esters is 1. The molecule has 218 valence electrons. The number of ether oxygens (including phenoxy) is 1. The molecule has 2 heterocycles. The largest absolute Gasteiger partial charge is 0.458 e. The van der Waals surface area contributed by atoms with Crippen LogP contribution in [0.3, 0.4) is 0 Å². The van der Waals surface area contributed by atoms with Gasteiger partial charge < -0.3 is 26.4 Å². The van der Waals surface area contributed by atoms with E-state index in [9.17, 15) is 19.2 Å². The van der Waals surface area contributed by atoms with E-state index in [0.29, 0.717) is 33.3 Å². The predicted octanol–water partition coefficient (Wildman–Crippen LogP) is 4.10. The maximum absolute atomic E-state index is 13.3. The lowest BCUT2D eigenvalue weighted by molar-refractivity contribution is -0.157. The van der Waals surface area contributed by atoms with Crippen molar-refractivity contribution in [2.24, 2.45) is 5.73 Å². The average molecular weight is 590 g/mol. The maximum Gasteiger partial charge on any atom is 0.329 e. The number of carbonyl (C=O) groups is 4.